The number of likely N-dealkylation sites (tertiary alicyclic amines) is 2. The van der Waals surface area contributed by atoms with Crippen molar-refractivity contribution in [1.82, 2.24) is 9.80 Å². The van der Waals surface area contributed by atoms with Gasteiger partial charge in [0.05, 0.1) is 17.5 Å². The number of nitrogens with two attached hydrogens (primary N) is 1. The molecule has 2 aliphatic heterocycles. The van der Waals surface area contributed by atoms with E-state index < -0.39 is 10.0 Å². The lowest BCUT2D eigenvalue weighted by Gasteiger charge is -2.29. The number of carbonyl (C=O) groups excluding carboxylic acids is 2. The number of primary amides is 1. The molecule has 3 unspecified atom stereocenters. The molecule has 2 aromatic carbocycles. The van der Waals surface area contributed by atoms with E-state index in [-0.39, 0.29) is 41.8 Å². The van der Waals surface area contributed by atoms with E-state index in [4.69, 9.17) is 17.3 Å². The number of amides is 2. The molecule has 3 N–H and O–H groups in total. The van der Waals surface area contributed by atoms with Crippen LogP contribution in [0, 0.1) is 18.8 Å². The average Bonchev–Trinajstić information content (AvgIpc) is 3.32. The van der Waals surface area contributed by atoms with Crippen molar-refractivity contribution in [3.05, 3.63) is 64.2 Å². The quantitative estimate of drug-likeness (QED) is 0.602. The maximum absolute atomic E-state index is 13.2. The van der Waals surface area contributed by atoms with Crippen molar-refractivity contribution in [2.45, 2.75) is 19.4 Å². The summed E-state index contributed by atoms with van der Waals surface area (Å²) < 4.78 is 25.8. The number of carbonyl (C=O) groups is 2. The molecule has 0 radical (unpaired) electrons. The van der Waals surface area contributed by atoms with Crippen molar-refractivity contribution in [3.8, 4) is 0 Å². The van der Waals surface area contributed by atoms with Crippen molar-refractivity contribution in [1.29, 1.82) is 0 Å². The number of halogens is 1. The normalized spacial score (nSPS) is 21.3. The number of nitrogens with one attached hydrogen (secondary N) is 1. The summed E-state index contributed by atoms with van der Waals surface area (Å²) in [5, 5.41) is 0.657. The van der Waals surface area contributed by atoms with Crippen LogP contribution >= 0.6 is 11.6 Å². The van der Waals surface area contributed by atoms with Gasteiger partial charge in [-0.3, -0.25) is 19.2 Å². The molecule has 3 atom stereocenters. The van der Waals surface area contributed by atoms with Gasteiger partial charge in [-0.2, -0.15) is 0 Å². The summed E-state index contributed by atoms with van der Waals surface area (Å²) in [4.78, 5) is 29.1. The fraction of sp³-hybridized carbons (Fsp3) is 0.417. The molecule has 2 amide bonds. The topological polar surface area (TPSA) is 113 Å². The van der Waals surface area contributed by atoms with Gasteiger partial charge in [0.15, 0.2) is 0 Å². The minimum atomic E-state index is -3.51. The van der Waals surface area contributed by atoms with Crippen LogP contribution in [0.5, 0.6) is 0 Å². The summed E-state index contributed by atoms with van der Waals surface area (Å²) in [7, 11) is -3.51. The smallest absolute Gasteiger partial charge is 0.256 e. The second-order valence-corrected chi connectivity index (χ2v) is 11.5. The van der Waals surface area contributed by atoms with E-state index in [0.717, 1.165) is 30.5 Å². The van der Waals surface area contributed by atoms with E-state index >= 15 is 0 Å². The molecule has 2 aromatic rings. The largest absolute Gasteiger partial charge is 0.370 e. The predicted octanol–water partition coefficient (Wildman–Crippen LogP) is 2.64. The minimum absolute atomic E-state index is 0.162. The molecular weight excluding hydrogens is 476 g/mol. The maximum atomic E-state index is 13.2. The number of rotatable bonds is 7. The Morgan fingerprint density at radius 1 is 1.12 bits per heavy atom. The zero-order chi connectivity index (χ0) is 24.6. The molecule has 10 heteroatoms. The van der Waals surface area contributed by atoms with E-state index in [1.54, 1.807) is 29.2 Å². The van der Waals surface area contributed by atoms with Crippen LogP contribution in [0.25, 0.3) is 0 Å². The van der Waals surface area contributed by atoms with Gasteiger partial charge in [-0.25, -0.2) is 8.42 Å². The Hall–Kier alpha value is -2.62. The Labute approximate surface area is 205 Å². The van der Waals surface area contributed by atoms with Crippen molar-refractivity contribution in [2.24, 2.45) is 17.6 Å². The fourth-order valence-corrected chi connectivity index (χ4v) is 5.81. The van der Waals surface area contributed by atoms with E-state index in [2.05, 4.69) is 9.62 Å². The van der Waals surface area contributed by atoms with Gasteiger partial charge in [-0.05, 0) is 48.1 Å². The van der Waals surface area contributed by atoms with Crippen molar-refractivity contribution in [3.63, 3.8) is 0 Å². The number of fused-ring (bicyclic) bond motifs is 1. The molecule has 2 aliphatic rings. The third kappa shape index (κ3) is 5.37. The van der Waals surface area contributed by atoms with Gasteiger partial charge in [0.25, 0.3) is 5.91 Å². The lowest BCUT2D eigenvalue weighted by Crippen LogP contribution is -2.36. The maximum Gasteiger partial charge on any atom is 0.256 e. The summed E-state index contributed by atoms with van der Waals surface area (Å²) in [5.74, 6) is -0.0391. The number of anilines is 1. The monoisotopic (exact) mass is 504 g/mol. The fourth-order valence-electron chi connectivity index (χ4n) is 5.04. The van der Waals surface area contributed by atoms with Crippen molar-refractivity contribution < 1.29 is 18.0 Å². The van der Waals surface area contributed by atoms with Crippen LogP contribution in [-0.2, 0) is 14.8 Å². The highest BCUT2D eigenvalue weighted by Crippen LogP contribution is 2.38. The average molecular weight is 505 g/mol. The number of hydrogen-bond donors (Lipinski definition) is 2. The number of para-hydroxylation sites is 1. The van der Waals surface area contributed by atoms with Crippen LogP contribution in [0.1, 0.15) is 33.9 Å². The Balaban J connectivity index is 1.48. The molecule has 0 spiro atoms. The van der Waals surface area contributed by atoms with Crippen LogP contribution in [0.2, 0.25) is 5.02 Å². The number of benzene rings is 2. The van der Waals surface area contributed by atoms with Crippen LogP contribution in [0.3, 0.4) is 0 Å². The molecule has 2 fully saturated rings. The lowest BCUT2D eigenvalue weighted by molar-refractivity contribution is -0.119. The SMILES string of the molecule is Cc1ccc(C(CC(N)=O)N2CC3CN(C(=O)c4ccccc4NS(C)(=O)=O)CC3C2)cc1Cl. The molecule has 2 saturated heterocycles. The number of hydrogen-bond acceptors (Lipinski definition) is 5. The summed E-state index contributed by atoms with van der Waals surface area (Å²) in [5.41, 5.74) is 8.12. The van der Waals surface area contributed by atoms with Crippen LogP contribution in [-0.4, -0.2) is 62.5 Å². The van der Waals surface area contributed by atoms with Gasteiger partial charge in [0.2, 0.25) is 15.9 Å². The zero-order valence-electron chi connectivity index (χ0n) is 19.2. The molecule has 0 aliphatic carbocycles. The molecular formula is C24H29ClN4O4S. The van der Waals surface area contributed by atoms with Gasteiger partial charge >= 0.3 is 0 Å². The summed E-state index contributed by atoms with van der Waals surface area (Å²) in [6.07, 6.45) is 1.26. The highest BCUT2D eigenvalue weighted by molar-refractivity contribution is 7.92. The molecule has 0 saturated carbocycles. The summed E-state index contributed by atoms with van der Waals surface area (Å²) >= 11 is 6.34. The van der Waals surface area contributed by atoms with E-state index in [1.807, 2.05) is 25.1 Å². The predicted molar refractivity (Wildman–Crippen MR) is 132 cm³/mol. The highest BCUT2D eigenvalue weighted by Gasteiger charge is 2.44. The lowest BCUT2D eigenvalue weighted by atomic mass is 10.0. The van der Waals surface area contributed by atoms with Gasteiger partial charge in [0, 0.05) is 43.7 Å². The van der Waals surface area contributed by atoms with E-state index in [9.17, 15) is 18.0 Å². The van der Waals surface area contributed by atoms with Gasteiger partial charge in [0.1, 0.15) is 0 Å². The first-order valence-corrected chi connectivity index (χ1v) is 13.4. The van der Waals surface area contributed by atoms with Crippen molar-refractivity contribution >= 4 is 39.1 Å². The number of sulfonamides is 1. The molecule has 182 valence electrons. The Kier molecular flexibility index (Phi) is 6.89. The minimum Gasteiger partial charge on any atom is -0.370 e. The van der Waals surface area contributed by atoms with Crippen LogP contribution in [0.15, 0.2) is 42.5 Å². The Morgan fingerprint density at radius 3 is 2.35 bits per heavy atom. The molecule has 8 nitrogen and oxygen atoms in total. The Bertz CT molecular complexity index is 1210. The van der Waals surface area contributed by atoms with Crippen molar-refractivity contribution in [2.75, 3.05) is 37.2 Å². The number of nitrogens with zero attached hydrogens (tertiary/aromatic N) is 2. The zero-order valence-corrected chi connectivity index (χ0v) is 20.8. The van der Waals surface area contributed by atoms with Crippen LogP contribution in [0.4, 0.5) is 5.69 Å². The van der Waals surface area contributed by atoms with Crippen LogP contribution < -0.4 is 10.5 Å². The Morgan fingerprint density at radius 2 is 1.76 bits per heavy atom. The first-order valence-electron chi connectivity index (χ1n) is 11.2. The third-order valence-electron chi connectivity index (χ3n) is 6.67. The summed E-state index contributed by atoms with van der Waals surface area (Å²) in [6, 6.07) is 12.3. The van der Waals surface area contributed by atoms with Gasteiger partial charge in [-0.1, -0.05) is 35.9 Å². The van der Waals surface area contributed by atoms with Gasteiger partial charge in [-0.15, -0.1) is 0 Å². The number of aryl methyl sites for hydroxylation is 1. The van der Waals surface area contributed by atoms with E-state index in [0.29, 0.717) is 23.7 Å². The van der Waals surface area contributed by atoms with E-state index in [1.165, 1.54) is 0 Å². The second kappa shape index (κ2) is 9.56. The molecule has 0 aromatic heterocycles. The third-order valence-corrected chi connectivity index (χ3v) is 7.67. The van der Waals surface area contributed by atoms with Gasteiger partial charge < -0.3 is 10.6 Å². The standard InChI is InChI=1S/C24H29ClN4O4S/c1-15-7-8-16(9-20(15)25)22(10-23(26)30)28-11-17-13-29(14-18(17)12-28)24(31)19-5-3-4-6-21(19)27-34(2,32)33/h3-9,17-18,22,27H,10-14H2,1-2H3,(H2,26,30). The molecule has 4 rings (SSSR count). The highest BCUT2D eigenvalue weighted by atomic mass is 35.5. The summed E-state index contributed by atoms with van der Waals surface area (Å²) in [6.45, 7) is 4.56. The molecule has 34 heavy (non-hydrogen) atoms. The molecule has 2 heterocycles. The first-order chi connectivity index (χ1) is 16.0. The second-order valence-electron chi connectivity index (χ2n) is 9.30. The molecule has 0 bridgehead atoms. The first kappa shape index (κ1) is 24.5.